The van der Waals surface area contributed by atoms with E-state index < -0.39 is 5.41 Å². The Kier molecular flexibility index (Phi) is 5.64. The van der Waals surface area contributed by atoms with Crippen LogP contribution < -0.4 is 5.01 Å². The van der Waals surface area contributed by atoms with Crippen molar-refractivity contribution in [3.05, 3.63) is 112 Å². The van der Waals surface area contributed by atoms with Crippen molar-refractivity contribution < 1.29 is 4.79 Å². The van der Waals surface area contributed by atoms with Crippen LogP contribution in [0.3, 0.4) is 0 Å². The summed E-state index contributed by atoms with van der Waals surface area (Å²) in [6.07, 6.45) is 2.33. The molecule has 0 bridgehead atoms. The van der Waals surface area contributed by atoms with Crippen LogP contribution in [0.25, 0.3) is 0 Å². The van der Waals surface area contributed by atoms with Gasteiger partial charge in [-0.3, -0.25) is 4.79 Å². The molecule has 33 heavy (non-hydrogen) atoms. The van der Waals surface area contributed by atoms with Gasteiger partial charge in [-0.1, -0.05) is 81.8 Å². The normalized spacial score (nSPS) is 17.9. The predicted octanol–water partition coefficient (Wildman–Crippen LogP) is 4.99. The highest BCUT2D eigenvalue weighted by Gasteiger charge is 2.53. The maximum absolute atomic E-state index is 14.0. The fraction of sp³-hybridized carbons (Fsp3) is 0.154. The molecular formula is C26H22BrN5O. The molecule has 7 heteroatoms. The molecule has 0 saturated carbocycles. The molecule has 1 aromatic heterocycles. The number of para-hydroxylation sites is 1. The number of hydrazone groups is 1. The van der Waals surface area contributed by atoms with Crippen molar-refractivity contribution in [2.45, 2.75) is 25.3 Å². The Balaban J connectivity index is 1.54. The van der Waals surface area contributed by atoms with Crippen LogP contribution in [0.2, 0.25) is 0 Å². The third-order valence-electron chi connectivity index (χ3n) is 5.97. The lowest BCUT2D eigenvalue weighted by Gasteiger charge is -2.26. The number of rotatable bonds is 6. The molecule has 3 aromatic carbocycles. The lowest BCUT2D eigenvalue weighted by molar-refractivity contribution is -0.121. The van der Waals surface area contributed by atoms with E-state index in [1.165, 1.54) is 5.01 Å². The molecule has 0 N–H and O–H groups in total. The number of aromatic nitrogens is 3. The smallest absolute Gasteiger partial charge is 0.265 e. The second-order valence-electron chi connectivity index (χ2n) is 8.13. The van der Waals surface area contributed by atoms with Crippen LogP contribution in [-0.4, -0.2) is 26.6 Å². The van der Waals surface area contributed by atoms with E-state index in [-0.39, 0.29) is 5.91 Å². The molecule has 4 aromatic rings. The summed E-state index contributed by atoms with van der Waals surface area (Å²) in [6, 6.07) is 27.6. The van der Waals surface area contributed by atoms with Gasteiger partial charge < -0.3 is 0 Å². The largest absolute Gasteiger partial charge is 0.271 e. The molecule has 1 aliphatic heterocycles. The van der Waals surface area contributed by atoms with Gasteiger partial charge in [-0.05, 0) is 48.7 Å². The zero-order valence-electron chi connectivity index (χ0n) is 18.1. The monoisotopic (exact) mass is 499 g/mol. The van der Waals surface area contributed by atoms with E-state index in [1.807, 2.05) is 98.0 Å². The summed E-state index contributed by atoms with van der Waals surface area (Å²) < 4.78 is 2.80. The number of anilines is 1. The number of amides is 1. The van der Waals surface area contributed by atoms with Crippen LogP contribution in [0, 0.1) is 0 Å². The van der Waals surface area contributed by atoms with Gasteiger partial charge in [-0.15, -0.1) is 5.10 Å². The molecule has 1 amide bonds. The Bertz CT molecular complexity index is 1300. The highest BCUT2D eigenvalue weighted by Crippen LogP contribution is 2.38. The predicted molar refractivity (Wildman–Crippen MR) is 132 cm³/mol. The summed E-state index contributed by atoms with van der Waals surface area (Å²) in [5.41, 5.74) is 3.16. The first-order chi connectivity index (χ1) is 16.1. The molecule has 2 heterocycles. The number of carbonyl (C=O) groups excluding carboxylic acids is 1. The van der Waals surface area contributed by atoms with E-state index in [2.05, 4.69) is 31.3 Å². The van der Waals surface area contributed by atoms with Crippen molar-refractivity contribution in [3.8, 4) is 0 Å². The minimum atomic E-state index is -1.02. The summed E-state index contributed by atoms with van der Waals surface area (Å²) in [5, 5.41) is 15.0. The first-order valence-corrected chi connectivity index (χ1v) is 11.5. The first kappa shape index (κ1) is 21.3. The summed E-state index contributed by atoms with van der Waals surface area (Å²) in [6.45, 7) is 2.46. The van der Waals surface area contributed by atoms with Crippen LogP contribution in [0.15, 0.2) is 101 Å². The molecule has 0 radical (unpaired) electrons. The van der Waals surface area contributed by atoms with Crippen molar-refractivity contribution in [1.29, 1.82) is 0 Å². The van der Waals surface area contributed by atoms with Crippen molar-refractivity contribution in [2.75, 3.05) is 5.01 Å². The van der Waals surface area contributed by atoms with E-state index in [4.69, 9.17) is 0 Å². The summed E-state index contributed by atoms with van der Waals surface area (Å²) in [7, 11) is 0. The standard InChI is InChI=1S/C26H22BrN5O/c1-19-26(16-20-8-4-2-5-9-20,25(33)32(29-19)23-10-6-3-7-11-23)24-18-31(30-28-24)17-21-12-14-22(27)15-13-21/h2-15,18H,16-17H2,1H3/t26-/m1/s1. The Hall–Kier alpha value is -3.58. The molecule has 164 valence electrons. The quantitative estimate of drug-likeness (QED) is 0.375. The van der Waals surface area contributed by atoms with Gasteiger partial charge in [-0.25, -0.2) is 4.68 Å². The van der Waals surface area contributed by atoms with Gasteiger partial charge in [0.1, 0.15) is 11.1 Å². The number of carbonyl (C=O) groups is 1. The molecule has 1 aliphatic rings. The molecule has 6 nitrogen and oxygen atoms in total. The summed E-state index contributed by atoms with van der Waals surface area (Å²) in [4.78, 5) is 14.0. The Morgan fingerprint density at radius 3 is 2.24 bits per heavy atom. The lowest BCUT2D eigenvalue weighted by atomic mass is 9.75. The maximum Gasteiger partial charge on any atom is 0.265 e. The average Bonchev–Trinajstić information content (AvgIpc) is 3.40. The zero-order valence-corrected chi connectivity index (χ0v) is 19.7. The van der Waals surface area contributed by atoms with E-state index in [9.17, 15) is 4.79 Å². The zero-order chi connectivity index (χ0) is 22.8. The fourth-order valence-corrected chi connectivity index (χ4v) is 4.46. The van der Waals surface area contributed by atoms with Gasteiger partial charge in [0.25, 0.3) is 5.91 Å². The van der Waals surface area contributed by atoms with E-state index in [0.717, 1.165) is 21.3 Å². The van der Waals surface area contributed by atoms with E-state index >= 15 is 0 Å². The van der Waals surface area contributed by atoms with Crippen LogP contribution in [0.1, 0.15) is 23.7 Å². The van der Waals surface area contributed by atoms with Crippen LogP contribution in [0.4, 0.5) is 5.69 Å². The average molecular weight is 500 g/mol. The lowest BCUT2D eigenvalue weighted by Crippen LogP contribution is -2.45. The summed E-state index contributed by atoms with van der Waals surface area (Å²) in [5.74, 6) is -0.120. The van der Waals surface area contributed by atoms with Crippen molar-refractivity contribution in [1.82, 2.24) is 15.0 Å². The maximum atomic E-state index is 14.0. The summed E-state index contributed by atoms with van der Waals surface area (Å²) >= 11 is 3.47. The SMILES string of the molecule is CC1=NN(c2ccccc2)C(=O)[C@@]1(Cc1ccccc1)c1cn(Cc2ccc(Br)cc2)nn1. The van der Waals surface area contributed by atoms with Gasteiger partial charge in [-0.2, -0.15) is 10.1 Å². The van der Waals surface area contributed by atoms with Crippen LogP contribution >= 0.6 is 15.9 Å². The van der Waals surface area contributed by atoms with Crippen molar-refractivity contribution >= 4 is 33.2 Å². The van der Waals surface area contributed by atoms with Gasteiger partial charge in [0.05, 0.1) is 24.1 Å². The number of hydrogen-bond acceptors (Lipinski definition) is 4. The third kappa shape index (κ3) is 4.00. The topological polar surface area (TPSA) is 63.4 Å². The highest BCUT2D eigenvalue weighted by atomic mass is 79.9. The molecular weight excluding hydrogens is 478 g/mol. The van der Waals surface area contributed by atoms with Gasteiger partial charge in [0, 0.05) is 4.47 Å². The Morgan fingerprint density at radius 2 is 1.55 bits per heavy atom. The second-order valence-corrected chi connectivity index (χ2v) is 9.05. The van der Waals surface area contributed by atoms with E-state index in [1.54, 1.807) is 4.68 Å². The van der Waals surface area contributed by atoms with Crippen LogP contribution in [0.5, 0.6) is 0 Å². The third-order valence-corrected chi connectivity index (χ3v) is 6.50. The van der Waals surface area contributed by atoms with Gasteiger partial charge in [0.15, 0.2) is 0 Å². The second kappa shape index (κ2) is 8.75. The minimum absolute atomic E-state index is 0.120. The highest BCUT2D eigenvalue weighted by molar-refractivity contribution is 9.10. The Labute approximate surface area is 200 Å². The molecule has 1 atom stereocenters. The number of benzene rings is 3. The van der Waals surface area contributed by atoms with Crippen LogP contribution in [-0.2, 0) is 23.2 Å². The molecule has 5 rings (SSSR count). The molecule has 0 aliphatic carbocycles. The van der Waals surface area contributed by atoms with E-state index in [0.29, 0.717) is 24.4 Å². The van der Waals surface area contributed by atoms with Crippen molar-refractivity contribution in [3.63, 3.8) is 0 Å². The van der Waals surface area contributed by atoms with Gasteiger partial charge >= 0.3 is 0 Å². The number of halogens is 1. The number of hydrogen-bond donors (Lipinski definition) is 0. The fourth-order valence-electron chi connectivity index (χ4n) is 4.20. The molecule has 0 saturated heterocycles. The molecule has 0 spiro atoms. The molecule has 0 unspecified atom stereocenters. The number of nitrogens with zero attached hydrogens (tertiary/aromatic N) is 5. The Morgan fingerprint density at radius 1 is 0.879 bits per heavy atom. The van der Waals surface area contributed by atoms with Gasteiger partial charge in [0.2, 0.25) is 0 Å². The molecule has 0 fully saturated rings. The first-order valence-electron chi connectivity index (χ1n) is 10.7. The minimum Gasteiger partial charge on any atom is -0.271 e. The van der Waals surface area contributed by atoms with Crippen molar-refractivity contribution in [2.24, 2.45) is 5.10 Å².